The van der Waals surface area contributed by atoms with Gasteiger partial charge in [0.05, 0.1) is 4.90 Å². The van der Waals surface area contributed by atoms with E-state index in [1.165, 1.54) is 24.3 Å². The van der Waals surface area contributed by atoms with Crippen LogP contribution in [0, 0.1) is 6.92 Å². The Bertz CT molecular complexity index is 997. The second-order valence-corrected chi connectivity index (χ2v) is 8.73. The number of carbonyl (C=O) groups excluding carboxylic acids is 1. The molecule has 2 N–H and O–H groups in total. The standard InChI is InChI=1S/C19H19N3O3S2/c1-14-4-9-18(20-13-14)22-19(23)15-5-7-17(8-6-15)27(24,25)21-11-10-16-3-2-12-26-16/h2-9,12-13,21H,10-11H2,1H3,(H,20,22,23). The van der Waals surface area contributed by atoms with Gasteiger partial charge < -0.3 is 5.32 Å². The van der Waals surface area contributed by atoms with E-state index >= 15 is 0 Å². The molecule has 2 heterocycles. The minimum absolute atomic E-state index is 0.124. The fraction of sp³-hybridized carbons (Fsp3) is 0.158. The summed E-state index contributed by atoms with van der Waals surface area (Å²) in [5, 5.41) is 4.64. The summed E-state index contributed by atoms with van der Waals surface area (Å²) in [6.07, 6.45) is 2.30. The van der Waals surface area contributed by atoms with E-state index in [2.05, 4.69) is 15.0 Å². The van der Waals surface area contributed by atoms with E-state index in [0.29, 0.717) is 24.3 Å². The first-order valence-electron chi connectivity index (χ1n) is 8.30. The fourth-order valence-electron chi connectivity index (χ4n) is 2.36. The number of nitrogens with one attached hydrogen (secondary N) is 2. The molecule has 3 aromatic rings. The van der Waals surface area contributed by atoms with Crippen molar-refractivity contribution in [3.63, 3.8) is 0 Å². The molecule has 6 nitrogen and oxygen atoms in total. The second-order valence-electron chi connectivity index (χ2n) is 5.93. The lowest BCUT2D eigenvalue weighted by Gasteiger charge is -2.08. The summed E-state index contributed by atoms with van der Waals surface area (Å²) in [6.45, 7) is 2.23. The summed E-state index contributed by atoms with van der Waals surface area (Å²) in [7, 11) is -3.61. The number of carbonyl (C=O) groups is 1. The number of nitrogens with zero attached hydrogens (tertiary/aromatic N) is 1. The third-order valence-electron chi connectivity index (χ3n) is 3.82. The zero-order valence-corrected chi connectivity index (χ0v) is 16.3. The van der Waals surface area contributed by atoms with Gasteiger partial charge in [-0.15, -0.1) is 11.3 Å². The van der Waals surface area contributed by atoms with Crippen LogP contribution in [0.3, 0.4) is 0 Å². The average molecular weight is 402 g/mol. The fourth-order valence-corrected chi connectivity index (χ4v) is 4.10. The predicted molar refractivity (Wildman–Crippen MR) is 107 cm³/mol. The molecule has 0 unspecified atom stereocenters. The summed E-state index contributed by atoms with van der Waals surface area (Å²) in [6, 6.07) is 13.3. The Morgan fingerprint density at radius 2 is 1.89 bits per heavy atom. The maximum Gasteiger partial charge on any atom is 0.256 e. The Hall–Kier alpha value is -2.55. The molecule has 3 rings (SSSR count). The molecule has 27 heavy (non-hydrogen) atoms. The summed E-state index contributed by atoms with van der Waals surface area (Å²) in [4.78, 5) is 17.6. The SMILES string of the molecule is Cc1ccc(NC(=O)c2ccc(S(=O)(=O)NCCc3cccs3)cc2)nc1. The van der Waals surface area contributed by atoms with Crippen LogP contribution in [0.1, 0.15) is 20.8 Å². The van der Waals surface area contributed by atoms with Crippen molar-refractivity contribution in [1.29, 1.82) is 0 Å². The van der Waals surface area contributed by atoms with E-state index in [4.69, 9.17) is 0 Å². The van der Waals surface area contributed by atoms with Crippen LogP contribution in [0.25, 0.3) is 0 Å². The maximum absolute atomic E-state index is 12.3. The molecule has 0 fully saturated rings. The minimum Gasteiger partial charge on any atom is -0.307 e. The van der Waals surface area contributed by atoms with Gasteiger partial charge in [-0.25, -0.2) is 18.1 Å². The van der Waals surface area contributed by atoms with Gasteiger partial charge in [0, 0.05) is 23.2 Å². The van der Waals surface area contributed by atoms with Crippen molar-refractivity contribution >= 4 is 33.1 Å². The number of anilines is 1. The molecule has 140 valence electrons. The highest BCUT2D eigenvalue weighted by atomic mass is 32.2. The Kier molecular flexibility index (Phi) is 6.00. The Morgan fingerprint density at radius 1 is 1.11 bits per heavy atom. The first-order valence-corrected chi connectivity index (χ1v) is 10.7. The minimum atomic E-state index is -3.61. The van der Waals surface area contributed by atoms with Crippen molar-refractivity contribution in [3.05, 3.63) is 76.1 Å². The van der Waals surface area contributed by atoms with Crippen molar-refractivity contribution in [2.24, 2.45) is 0 Å². The molecular weight excluding hydrogens is 382 g/mol. The molecule has 1 aromatic carbocycles. The van der Waals surface area contributed by atoms with Crippen molar-refractivity contribution in [2.45, 2.75) is 18.2 Å². The first-order chi connectivity index (χ1) is 12.9. The van der Waals surface area contributed by atoms with Crippen molar-refractivity contribution in [2.75, 3.05) is 11.9 Å². The smallest absolute Gasteiger partial charge is 0.256 e. The molecule has 2 aromatic heterocycles. The molecule has 0 saturated carbocycles. The quantitative estimate of drug-likeness (QED) is 0.636. The van der Waals surface area contributed by atoms with Crippen molar-refractivity contribution < 1.29 is 13.2 Å². The zero-order chi connectivity index (χ0) is 19.3. The Morgan fingerprint density at radius 3 is 2.52 bits per heavy atom. The van der Waals surface area contributed by atoms with Crippen LogP contribution in [-0.4, -0.2) is 25.9 Å². The largest absolute Gasteiger partial charge is 0.307 e. The van der Waals surface area contributed by atoms with Crippen LogP contribution in [0.15, 0.2) is 65.0 Å². The topological polar surface area (TPSA) is 88.2 Å². The number of thiophene rings is 1. The van der Waals surface area contributed by atoms with Crippen molar-refractivity contribution in [3.8, 4) is 0 Å². The highest BCUT2D eigenvalue weighted by molar-refractivity contribution is 7.89. The van der Waals surface area contributed by atoms with Crippen LogP contribution in [0.5, 0.6) is 0 Å². The normalized spacial score (nSPS) is 11.3. The molecule has 0 spiro atoms. The van der Waals surface area contributed by atoms with Crippen LogP contribution in [0.2, 0.25) is 0 Å². The maximum atomic E-state index is 12.3. The molecule has 0 aliphatic heterocycles. The number of aryl methyl sites for hydroxylation is 1. The van der Waals surface area contributed by atoms with Gasteiger partial charge in [0.15, 0.2) is 0 Å². The lowest BCUT2D eigenvalue weighted by molar-refractivity contribution is 0.102. The van der Waals surface area contributed by atoms with E-state index in [-0.39, 0.29) is 10.8 Å². The number of pyridine rings is 1. The number of benzene rings is 1. The van der Waals surface area contributed by atoms with Gasteiger partial charge in [-0.2, -0.15) is 0 Å². The summed E-state index contributed by atoms with van der Waals surface area (Å²) >= 11 is 1.59. The van der Waals surface area contributed by atoms with E-state index in [1.807, 2.05) is 30.5 Å². The summed E-state index contributed by atoms with van der Waals surface area (Å²) in [5.74, 6) is 0.0958. The van der Waals surface area contributed by atoms with Crippen LogP contribution in [-0.2, 0) is 16.4 Å². The van der Waals surface area contributed by atoms with E-state index in [9.17, 15) is 13.2 Å². The van der Waals surface area contributed by atoms with Crippen LogP contribution >= 0.6 is 11.3 Å². The molecule has 0 atom stereocenters. The lowest BCUT2D eigenvalue weighted by Crippen LogP contribution is -2.26. The number of hydrogen-bond donors (Lipinski definition) is 2. The van der Waals surface area contributed by atoms with E-state index in [0.717, 1.165) is 10.4 Å². The summed E-state index contributed by atoms with van der Waals surface area (Å²) < 4.78 is 27.3. The molecule has 8 heteroatoms. The van der Waals surface area contributed by atoms with E-state index in [1.54, 1.807) is 23.6 Å². The van der Waals surface area contributed by atoms with Gasteiger partial charge >= 0.3 is 0 Å². The van der Waals surface area contributed by atoms with E-state index < -0.39 is 10.0 Å². The number of hydrogen-bond acceptors (Lipinski definition) is 5. The molecule has 0 saturated heterocycles. The second kappa shape index (κ2) is 8.43. The Labute approximate surface area is 162 Å². The van der Waals surface area contributed by atoms with Gasteiger partial charge in [0.1, 0.15) is 5.82 Å². The number of aromatic nitrogens is 1. The van der Waals surface area contributed by atoms with Gasteiger partial charge in [0.25, 0.3) is 5.91 Å². The zero-order valence-electron chi connectivity index (χ0n) is 14.7. The molecule has 1 amide bonds. The first kappa shape index (κ1) is 19.2. The highest BCUT2D eigenvalue weighted by Crippen LogP contribution is 2.13. The van der Waals surface area contributed by atoms with Gasteiger partial charge in [-0.05, 0) is 60.7 Å². The summed E-state index contributed by atoms with van der Waals surface area (Å²) in [5.41, 5.74) is 1.35. The molecular formula is C19H19N3O3S2. The monoisotopic (exact) mass is 401 g/mol. The lowest BCUT2D eigenvalue weighted by atomic mass is 10.2. The van der Waals surface area contributed by atoms with Crippen LogP contribution in [0.4, 0.5) is 5.82 Å². The molecule has 0 aliphatic rings. The van der Waals surface area contributed by atoms with Crippen molar-refractivity contribution in [1.82, 2.24) is 9.71 Å². The third kappa shape index (κ3) is 5.22. The molecule has 0 aliphatic carbocycles. The average Bonchev–Trinajstić information content (AvgIpc) is 3.17. The van der Waals surface area contributed by atoms with Gasteiger partial charge in [-0.1, -0.05) is 12.1 Å². The molecule has 0 radical (unpaired) electrons. The van der Waals surface area contributed by atoms with Gasteiger partial charge in [0.2, 0.25) is 10.0 Å². The third-order valence-corrected chi connectivity index (χ3v) is 6.24. The highest BCUT2D eigenvalue weighted by Gasteiger charge is 2.15. The van der Waals surface area contributed by atoms with Gasteiger partial charge in [-0.3, -0.25) is 4.79 Å². The Balaban J connectivity index is 1.61. The number of amides is 1. The predicted octanol–water partition coefficient (Wildman–Crippen LogP) is 3.22. The van der Waals surface area contributed by atoms with Crippen LogP contribution < -0.4 is 10.0 Å². The molecule has 0 bridgehead atoms. The number of rotatable bonds is 7. The number of sulfonamides is 1.